The lowest BCUT2D eigenvalue weighted by Crippen LogP contribution is -2.15. The molecule has 2 aromatic carbocycles. The molecule has 2 aromatic rings. The Morgan fingerprint density at radius 2 is 1.88 bits per heavy atom. The summed E-state index contributed by atoms with van der Waals surface area (Å²) in [6, 6.07) is 3.04. The second-order valence-corrected chi connectivity index (χ2v) is 6.50. The van der Waals surface area contributed by atoms with E-state index in [1.54, 1.807) is 4.72 Å². The number of nitrogens with zero attached hydrogens (tertiary/aromatic N) is 1. The van der Waals surface area contributed by atoms with Gasteiger partial charge in [0.2, 0.25) is 0 Å². The summed E-state index contributed by atoms with van der Waals surface area (Å²) in [4.78, 5) is 20.5. The highest BCUT2D eigenvalue weighted by molar-refractivity contribution is 7.92. The Kier molecular flexibility index (Phi) is 5.07. The molecule has 2 rings (SSSR count). The van der Waals surface area contributed by atoms with Crippen molar-refractivity contribution < 1.29 is 36.8 Å². The zero-order valence-corrected chi connectivity index (χ0v) is 13.7. The molecule has 0 saturated heterocycles. The lowest BCUT2D eigenvalue weighted by atomic mass is 10.2. The van der Waals surface area contributed by atoms with Crippen LogP contribution in [0.5, 0.6) is 5.75 Å². The summed E-state index contributed by atoms with van der Waals surface area (Å²) >= 11 is 0. The number of sulfonamides is 1. The molecule has 138 valence electrons. The first kappa shape index (κ1) is 19.1. The molecule has 9 nitrogen and oxygen atoms in total. The van der Waals surface area contributed by atoms with E-state index < -0.39 is 60.1 Å². The second-order valence-electron chi connectivity index (χ2n) is 4.82. The molecule has 0 spiro atoms. The first-order chi connectivity index (χ1) is 12.1. The maximum Gasteiger partial charge on any atom is 0.340 e. The topological polar surface area (TPSA) is 136 Å². The molecule has 0 aromatic heterocycles. The number of nitro groups is 1. The molecular formula is C14H10F2N2O7S. The van der Waals surface area contributed by atoms with E-state index in [0.29, 0.717) is 12.1 Å². The van der Waals surface area contributed by atoms with Crippen molar-refractivity contribution in [1.82, 2.24) is 0 Å². The fraction of sp³-hybridized carbons (Fsp3) is 0.0714. The van der Waals surface area contributed by atoms with Gasteiger partial charge < -0.3 is 9.84 Å². The molecule has 0 bridgehead atoms. The monoisotopic (exact) mass is 388 g/mol. The number of phenols is 1. The van der Waals surface area contributed by atoms with Crippen LogP contribution in [0.4, 0.5) is 20.2 Å². The molecule has 0 radical (unpaired) electrons. The van der Waals surface area contributed by atoms with Gasteiger partial charge in [-0.05, 0) is 18.2 Å². The van der Waals surface area contributed by atoms with Crippen molar-refractivity contribution >= 4 is 27.4 Å². The number of carbonyl (C=O) groups excluding carboxylic acids is 1. The van der Waals surface area contributed by atoms with Gasteiger partial charge in [0.05, 0.1) is 28.2 Å². The number of anilines is 1. The summed E-state index contributed by atoms with van der Waals surface area (Å²) in [6.45, 7) is 0. The lowest BCUT2D eigenvalue weighted by molar-refractivity contribution is -0.386. The number of rotatable bonds is 5. The molecule has 0 saturated carbocycles. The minimum absolute atomic E-state index is 0.281. The van der Waals surface area contributed by atoms with E-state index in [0.717, 1.165) is 19.2 Å². The molecule has 0 atom stereocenters. The maximum absolute atomic E-state index is 13.8. The van der Waals surface area contributed by atoms with E-state index >= 15 is 0 Å². The highest BCUT2D eigenvalue weighted by Crippen LogP contribution is 2.30. The third-order valence-corrected chi connectivity index (χ3v) is 4.52. The molecule has 12 heteroatoms. The molecule has 0 aliphatic rings. The SMILES string of the molecule is COC(=O)c1cc(NS(=O)(=O)c2ccc(O)c([N+](=O)[O-])c2)c(F)cc1F. The summed E-state index contributed by atoms with van der Waals surface area (Å²) in [6.07, 6.45) is 0. The third kappa shape index (κ3) is 3.69. The molecule has 26 heavy (non-hydrogen) atoms. The van der Waals surface area contributed by atoms with Crippen molar-refractivity contribution in [3.8, 4) is 5.75 Å². The van der Waals surface area contributed by atoms with Crippen LogP contribution in [0.1, 0.15) is 10.4 Å². The number of halogens is 2. The number of ether oxygens (including phenoxy) is 1. The number of hydrogen-bond donors (Lipinski definition) is 2. The Morgan fingerprint density at radius 1 is 1.23 bits per heavy atom. The number of nitrogens with one attached hydrogen (secondary N) is 1. The van der Waals surface area contributed by atoms with Gasteiger partial charge >= 0.3 is 11.7 Å². The number of phenolic OH excluding ortho intramolecular Hbond substituents is 1. The van der Waals surface area contributed by atoms with Crippen LogP contribution in [0.15, 0.2) is 35.2 Å². The van der Waals surface area contributed by atoms with Crippen molar-refractivity contribution in [3.63, 3.8) is 0 Å². The van der Waals surface area contributed by atoms with Crippen molar-refractivity contribution in [2.45, 2.75) is 4.90 Å². The number of aromatic hydroxyl groups is 1. The first-order valence-corrected chi connectivity index (χ1v) is 8.12. The Morgan fingerprint density at radius 3 is 2.46 bits per heavy atom. The number of carbonyl (C=O) groups is 1. The number of methoxy groups -OCH3 is 1. The van der Waals surface area contributed by atoms with Gasteiger partial charge in [-0.3, -0.25) is 14.8 Å². The lowest BCUT2D eigenvalue weighted by Gasteiger charge is -2.11. The maximum atomic E-state index is 13.8. The van der Waals surface area contributed by atoms with E-state index in [9.17, 15) is 37.2 Å². The average molecular weight is 388 g/mol. The fourth-order valence-electron chi connectivity index (χ4n) is 1.91. The molecule has 0 aliphatic heterocycles. The van der Waals surface area contributed by atoms with E-state index in [1.165, 1.54) is 0 Å². The molecule has 0 heterocycles. The van der Waals surface area contributed by atoms with Crippen LogP contribution in [0.2, 0.25) is 0 Å². The number of hydrogen-bond acceptors (Lipinski definition) is 7. The summed E-state index contributed by atoms with van der Waals surface area (Å²) < 4.78 is 58.1. The van der Waals surface area contributed by atoms with Gasteiger partial charge in [0.15, 0.2) is 5.75 Å². The largest absolute Gasteiger partial charge is 0.502 e. The summed E-state index contributed by atoms with van der Waals surface area (Å²) in [5, 5.41) is 20.1. The quantitative estimate of drug-likeness (QED) is 0.455. The number of nitro benzene ring substituents is 1. The van der Waals surface area contributed by atoms with Gasteiger partial charge in [0.25, 0.3) is 10.0 Å². The van der Waals surface area contributed by atoms with E-state index in [2.05, 4.69) is 4.74 Å². The Bertz CT molecular complexity index is 1010. The predicted molar refractivity (Wildman–Crippen MR) is 83.3 cm³/mol. The Hall–Kier alpha value is -3.28. The zero-order chi connectivity index (χ0) is 19.6. The normalized spacial score (nSPS) is 11.0. The van der Waals surface area contributed by atoms with Crippen molar-refractivity contribution in [2.24, 2.45) is 0 Å². The van der Waals surface area contributed by atoms with E-state index in [-0.39, 0.29) is 6.07 Å². The standard InChI is InChI=1S/C14H10F2N2O7S/c1-25-14(20)8-5-11(10(16)6-9(8)15)17-26(23,24)7-2-3-13(19)12(4-7)18(21)22/h2-6,17,19H,1H3. The van der Waals surface area contributed by atoms with E-state index in [4.69, 9.17) is 0 Å². The van der Waals surface area contributed by atoms with Gasteiger partial charge in [-0.25, -0.2) is 22.0 Å². The van der Waals surface area contributed by atoms with Crippen LogP contribution in [0, 0.1) is 21.7 Å². The van der Waals surface area contributed by atoms with E-state index in [1.807, 2.05) is 0 Å². The molecule has 0 amide bonds. The smallest absolute Gasteiger partial charge is 0.340 e. The van der Waals surface area contributed by atoms with Crippen molar-refractivity contribution in [2.75, 3.05) is 11.8 Å². The third-order valence-electron chi connectivity index (χ3n) is 3.16. The van der Waals surface area contributed by atoms with Crippen LogP contribution >= 0.6 is 0 Å². The molecule has 2 N–H and O–H groups in total. The minimum Gasteiger partial charge on any atom is -0.502 e. The van der Waals surface area contributed by atoms with Crippen LogP contribution in [-0.4, -0.2) is 31.5 Å². The first-order valence-electron chi connectivity index (χ1n) is 6.64. The average Bonchev–Trinajstić information content (AvgIpc) is 2.56. The number of benzene rings is 2. The van der Waals surface area contributed by atoms with Gasteiger partial charge in [-0.15, -0.1) is 0 Å². The Labute approximate surface area is 145 Å². The van der Waals surface area contributed by atoms with Crippen molar-refractivity contribution in [1.29, 1.82) is 0 Å². The van der Waals surface area contributed by atoms with Crippen LogP contribution < -0.4 is 4.72 Å². The Balaban J connectivity index is 2.49. The summed E-state index contributed by atoms with van der Waals surface area (Å²) in [5.74, 6) is -4.53. The van der Waals surface area contributed by atoms with Gasteiger partial charge in [0, 0.05) is 12.1 Å². The van der Waals surface area contributed by atoms with Gasteiger partial charge in [0.1, 0.15) is 11.6 Å². The van der Waals surface area contributed by atoms with Crippen molar-refractivity contribution in [3.05, 3.63) is 57.6 Å². The molecule has 0 unspecified atom stereocenters. The summed E-state index contributed by atoms with van der Waals surface area (Å²) in [7, 11) is -3.60. The second kappa shape index (κ2) is 6.92. The highest BCUT2D eigenvalue weighted by Gasteiger charge is 2.24. The van der Waals surface area contributed by atoms with Gasteiger partial charge in [-0.1, -0.05) is 0 Å². The number of esters is 1. The predicted octanol–water partition coefficient (Wildman–Crippen LogP) is 2.17. The summed E-state index contributed by atoms with van der Waals surface area (Å²) in [5.41, 5.74) is -2.38. The van der Waals surface area contributed by atoms with Crippen LogP contribution in [0.25, 0.3) is 0 Å². The molecule has 0 aliphatic carbocycles. The zero-order valence-electron chi connectivity index (χ0n) is 12.9. The van der Waals surface area contributed by atoms with Crippen LogP contribution in [-0.2, 0) is 14.8 Å². The van der Waals surface area contributed by atoms with Crippen LogP contribution in [0.3, 0.4) is 0 Å². The highest BCUT2D eigenvalue weighted by atomic mass is 32.2. The van der Waals surface area contributed by atoms with Gasteiger partial charge in [-0.2, -0.15) is 0 Å². The molecule has 0 fully saturated rings. The minimum atomic E-state index is -4.55. The molecular weight excluding hydrogens is 378 g/mol. The fourth-order valence-corrected chi connectivity index (χ4v) is 2.99.